The quantitative estimate of drug-likeness (QED) is 0.343. The smallest absolute Gasteiger partial charge is 0.368 e. The van der Waals surface area contributed by atoms with Crippen molar-refractivity contribution in [3.63, 3.8) is 0 Å². The first-order valence-corrected chi connectivity index (χ1v) is 13.7. The number of carboxylic acids is 1. The lowest BCUT2D eigenvalue weighted by Gasteiger charge is -2.36. The fraction of sp³-hybridized carbons (Fsp3) is 0.609. The number of anilines is 1. The standard InChI is InChI=1S/C23H33FN2O5S2/c1-23(2,3)14-26-12-18(15-8-6-7-9-15)25(4)33(29,30)21-11-19(20(32-5)10-17(21)26)31-13-16(24)22(27)28/h10-11,13,15,18H,6-9,12,14H2,1-5H3,(H,27,28)/b16-13-/t18-/m0/s1. The summed E-state index contributed by atoms with van der Waals surface area (Å²) >= 11 is 1.32. The molecular formula is C23H33FN2O5S2. The zero-order valence-corrected chi connectivity index (χ0v) is 21.4. The van der Waals surface area contributed by atoms with Crippen LogP contribution in [0.2, 0.25) is 0 Å². The molecule has 1 N–H and O–H groups in total. The van der Waals surface area contributed by atoms with Gasteiger partial charge in [0.2, 0.25) is 15.9 Å². The molecule has 1 saturated carbocycles. The van der Waals surface area contributed by atoms with Crippen molar-refractivity contribution in [2.24, 2.45) is 11.3 Å². The van der Waals surface area contributed by atoms with Crippen LogP contribution in [0.15, 0.2) is 34.0 Å². The van der Waals surface area contributed by atoms with Crippen LogP contribution in [0.4, 0.5) is 10.1 Å². The number of ether oxygens (including phenoxy) is 1. The lowest BCUT2D eigenvalue weighted by atomic mass is 9.93. The Morgan fingerprint density at radius 2 is 1.94 bits per heavy atom. The highest BCUT2D eigenvalue weighted by atomic mass is 32.2. The van der Waals surface area contributed by atoms with Gasteiger partial charge in [-0.05, 0) is 36.5 Å². The van der Waals surface area contributed by atoms with Crippen LogP contribution in [0.5, 0.6) is 5.75 Å². The number of carbonyl (C=O) groups is 1. The highest BCUT2D eigenvalue weighted by molar-refractivity contribution is 7.98. The molecule has 0 spiro atoms. The Bertz CT molecular complexity index is 1030. The molecule has 1 aromatic rings. The third-order valence-electron chi connectivity index (χ3n) is 6.22. The van der Waals surface area contributed by atoms with Crippen molar-refractivity contribution in [1.82, 2.24) is 4.31 Å². The molecule has 10 heteroatoms. The van der Waals surface area contributed by atoms with Gasteiger partial charge in [0.25, 0.3) is 0 Å². The largest absolute Gasteiger partial charge is 0.476 e. The summed E-state index contributed by atoms with van der Waals surface area (Å²) in [7, 11) is -2.23. The number of halogens is 1. The molecule has 3 rings (SSSR count). The second-order valence-electron chi connectivity index (χ2n) is 9.93. The lowest BCUT2D eigenvalue weighted by Crippen LogP contribution is -2.47. The van der Waals surface area contributed by atoms with Gasteiger partial charge >= 0.3 is 5.97 Å². The molecule has 1 aliphatic carbocycles. The first-order chi connectivity index (χ1) is 15.3. The van der Waals surface area contributed by atoms with E-state index in [4.69, 9.17) is 9.84 Å². The summed E-state index contributed by atoms with van der Waals surface area (Å²) < 4.78 is 47.8. The highest BCUT2D eigenvalue weighted by Crippen LogP contribution is 2.43. The van der Waals surface area contributed by atoms with Crippen LogP contribution in [0.3, 0.4) is 0 Å². The molecule has 1 heterocycles. The van der Waals surface area contributed by atoms with E-state index in [0.717, 1.165) is 25.7 Å². The summed E-state index contributed by atoms with van der Waals surface area (Å²) in [5, 5.41) is 8.77. The maximum atomic E-state index is 13.8. The normalized spacial score (nSPS) is 22.2. The van der Waals surface area contributed by atoms with E-state index in [2.05, 4.69) is 25.7 Å². The number of thioether (sulfide) groups is 1. The first kappa shape index (κ1) is 25.8. The number of rotatable bonds is 6. The average Bonchev–Trinajstić information content (AvgIpc) is 3.25. The third-order valence-corrected chi connectivity index (χ3v) is 8.89. The molecule has 2 aliphatic rings. The zero-order chi connectivity index (χ0) is 24.6. The molecule has 0 radical (unpaired) electrons. The Kier molecular flexibility index (Phi) is 7.70. The van der Waals surface area contributed by atoms with Crippen LogP contribution in [0.25, 0.3) is 0 Å². The Balaban J connectivity index is 2.16. The second kappa shape index (κ2) is 9.84. The number of hydrogen-bond donors (Lipinski definition) is 1. The molecule has 1 aliphatic heterocycles. The Hall–Kier alpha value is -1.78. The Labute approximate surface area is 200 Å². The molecule has 7 nitrogen and oxygen atoms in total. The third kappa shape index (κ3) is 5.66. The highest BCUT2D eigenvalue weighted by Gasteiger charge is 2.41. The van der Waals surface area contributed by atoms with Gasteiger partial charge in [0.1, 0.15) is 16.9 Å². The summed E-state index contributed by atoms with van der Waals surface area (Å²) in [4.78, 5) is 13.6. The molecule has 1 atom stereocenters. The van der Waals surface area contributed by atoms with Crippen molar-refractivity contribution in [1.29, 1.82) is 0 Å². The van der Waals surface area contributed by atoms with Gasteiger partial charge in [-0.1, -0.05) is 33.6 Å². The van der Waals surface area contributed by atoms with Crippen molar-refractivity contribution >= 4 is 33.4 Å². The van der Waals surface area contributed by atoms with Gasteiger partial charge in [-0.15, -0.1) is 11.8 Å². The van der Waals surface area contributed by atoms with E-state index in [0.29, 0.717) is 35.9 Å². The molecule has 1 aromatic carbocycles. The number of carboxylic acid groups (broad SMARTS) is 1. The first-order valence-electron chi connectivity index (χ1n) is 11.1. The van der Waals surface area contributed by atoms with E-state index in [-0.39, 0.29) is 22.1 Å². The maximum Gasteiger partial charge on any atom is 0.368 e. The maximum absolute atomic E-state index is 13.8. The number of aliphatic carboxylic acids is 1. The fourth-order valence-corrected chi connectivity index (χ4v) is 6.84. The predicted octanol–water partition coefficient (Wildman–Crippen LogP) is 4.73. The molecule has 184 valence electrons. The van der Waals surface area contributed by atoms with Gasteiger partial charge < -0.3 is 14.7 Å². The van der Waals surface area contributed by atoms with Crippen molar-refractivity contribution < 1.29 is 27.4 Å². The minimum absolute atomic E-state index is 0.0772. The topological polar surface area (TPSA) is 87.1 Å². The summed E-state index contributed by atoms with van der Waals surface area (Å²) in [6.07, 6.45) is 6.53. The van der Waals surface area contributed by atoms with Crippen molar-refractivity contribution in [3.05, 3.63) is 24.2 Å². The molecule has 0 bridgehead atoms. The van der Waals surface area contributed by atoms with E-state index in [1.54, 1.807) is 19.4 Å². The number of hydrogen-bond acceptors (Lipinski definition) is 6. The van der Waals surface area contributed by atoms with E-state index in [1.165, 1.54) is 22.1 Å². The van der Waals surface area contributed by atoms with Gasteiger partial charge in [0.15, 0.2) is 0 Å². The molecule has 0 aromatic heterocycles. The van der Waals surface area contributed by atoms with E-state index >= 15 is 0 Å². The molecule has 0 saturated heterocycles. The summed E-state index contributed by atoms with van der Waals surface area (Å²) in [5.41, 5.74) is 0.517. The van der Waals surface area contributed by atoms with Crippen LogP contribution in [0.1, 0.15) is 46.5 Å². The summed E-state index contributed by atoms with van der Waals surface area (Å²) in [6, 6.07) is 3.00. The Morgan fingerprint density at radius 3 is 2.48 bits per heavy atom. The van der Waals surface area contributed by atoms with Crippen molar-refractivity contribution in [2.45, 2.75) is 62.3 Å². The minimum Gasteiger partial charge on any atom is -0.476 e. The molecular weight excluding hydrogens is 467 g/mol. The zero-order valence-electron chi connectivity index (χ0n) is 19.8. The molecule has 0 unspecified atom stereocenters. The van der Waals surface area contributed by atoms with Crippen LogP contribution in [-0.4, -0.2) is 56.2 Å². The monoisotopic (exact) mass is 500 g/mol. The van der Waals surface area contributed by atoms with Crippen LogP contribution in [-0.2, 0) is 14.8 Å². The number of sulfonamides is 1. The van der Waals surface area contributed by atoms with Crippen molar-refractivity contribution in [3.8, 4) is 5.75 Å². The van der Waals surface area contributed by atoms with Gasteiger partial charge in [-0.2, -0.15) is 8.70 Å². The average molecular weight is 501 g/mol. The minimum atomic E-state index is -3.86. The SMILES string of the molecule is CSc1cc2c(cc1O/C=C(\F)C(=O)O)S(=O)(=O)N(C)[C@H](C1CCCC1)CN2CC(C)(C)C. The number of likely N-dealkylation sites (N-methyl/N-ethyl adjacent to an activating group) is 1. The van der Waals surface area contributed by atoms with Gasteiger partial charge in [0.05, 0.1) is 10.6 Å². The van der Waals surface area contributed by atoms with Crippen molar-refractivity contribution in [2.75, 3.05) is 31.3 Å². The molecule has 0 amide bonds. The fourth-order valence-electron chi connectivity index (χ4n) is 4.68. The molecule has 1 fully saturated rings. The van der Waals surface area contributed by atoms with Crippen LogP contribution < -0.4 is 9.64 Å². The van der Waals surface area contributed by atoms with Gasteiger partial charge in [-0.25, -0.2) is 13.2 Å². The summed E-state index contributed by atoms with van der Waals surface area (Å²) in [6.45, 7) is 7.60. The van der Waals surface area contributed by atoms with Gasteiger partial charge in [-0.3, -0.25) is 0 Å². The van der Waals surface area contributed by atoms with E-state index in [1.807, 2.05) is 0 Å². The number of nitrogens with zero attached hydrogens (tertiary/aromatic N) is 2. The van der Waals surface area contributed by atoms with Crippen LogP contribution in [0, 0.1) is 11.3 Å². The second-order valence-corrected chi connectivity index (χ2v) is 12.7. The van der Waals surface area contributed by atoms with E-state index in [9.17, 15) is 17.6 Å². The lowest BCUT2D eigenvalue weighted by molar-refractivity contribution is -0.134. The van der Waals surface area contributed by atoms with Gasteiger partial charge in [0, 0.05) is 32.2 Å². The van der Waals surface area contributed by atoms with Crippen LogP contribution >= 0.6 is 11.8 Å². The number of benzene rings is 1. The molecule has 33 heavy (non-hydrogen) atoms. The Morgan fingerprint density at radius 1 is 1.30 bits per heavy atom. The number of fused-ring (bicyclic) bond motifs is 1. The van der Waals surface area contributed by atoms with E-state index < -0.39 is 21.8 Å². The summed E-state index contributed by atoms with van der Waals surface area (Å²) in [5.74, 6) is -2.82. The predicted molar refractivity (Wildman–Crippen MR) is 128 cm³/mol.